The van der Waals surface area contributed by atoms with E-state index in [1.807, 2.05) is 24.3 Å². The Morgan fingerprint density at radius 1 is 1.07 bits per heavy atom. The standard InChI is InChI=1S/C20H27N3O3S/c1-3-23(4-2)19-12-11-18(15-22-19)20(24)21-13-8-14-27(25,26)16-17-9-6-5-7-10-17/h5-7,9-12,15H,3-4,8,13-14,16H2,1-2H3,(H,21,24). The first-order chi connectivity index (χ1) is 12.9. The summed E-state index contributed by atoms with van der Waals surface area (Å²) < 4.78 is 24.3. The number of anilines is 1. The predicted octanol–water partition coefficient (Wildman–Crippen LogP) is 2.66. The number of carbonyl (C=O) groups excluding carboxylic acids is 1. The molecule has 1 aromatic heterocycles. The number of benzene rings is 1. The highest BCUT2D eigenvalue weighted by atomic mass is 32.2. The Morgan fingerprint density at radius 3 is 2.37 bits per heavy atom. The molecule has 2 rings (SSSR count). The lowest BCUT2D eigenvalue weighted by molar-refractivity contribution is 0.0953. The molecule has 0 saturated heterocycles. The lowest BCUT2D eigenvalue weighted by Gasteiger charge is -2.19. The molecule has 0 radical (unpaired) electrons. The van der Waals surface area contributed by atoms with E-state index in [1.165, 1.54) is 0 Å². The van der Waals surface area contributed by atoms with Crippen LogP contribution in [0.25, 0.3) is 0 Å². The zero-order valence-corrected chi connectivity index (χ0v) is 16.7. The lowest BCUT2D eigenvalue weighted by atomic mass is 10.2. The first kappa shape index (κ1) is 20.9. The van der Waals surface area contributed by atoms with Crippen molar-refractivity contribution in [2.45, 2.75) is 26.0 Å². The minimum absolute atomic E-state index is 0.0263. The van der Waals surface area contributed by atoms with Crippen LogP contribution in [0.2, 0.25) is 0 Å². The number of hydrogen-bond acceptors (Lipinski definition) is 5. The third-order valence-electron chi connectivity index (χ3n) is 4.24. The molecule has 1 N–H and O–H groups in total. The van der Waals surface area contributed by atoms with Gasteiger partial charge in [0.15, 0.2) is 9.84 Å². The van der Waals surface area contributed by atoms with Crippen LogP contribution < -0.4 is 10.2 Å². The lowest BCUT2D eigenvalue weighted by Crippen LogP contribution is -2.27. The van der Waals surface area contributed by atoms with Crippen molar-refractivity contribution < 1.29 is 13.2 Å². The van der Waals surface area contributed by atoms with E-state index in [-0.39, 0.29) is 17.4 Å². The van der Waals surface area contributed by atoms with Crippen molar-refractivity contribution in [3.63, 3.8) is 0 Å². The highest BCUT2D eigenvalue weighted by Crippen LogP contribution is 2.11. The van der Waals surface area contributed by atoms with Crippen LogP contribution in [0.3, 0.4) is 0 Å². The molecule has 0 aliphatic carbocycles. The monoisotopic (exact) mass is 389 g/mol. The third-order valence-corrected chi connectivity index (χ3v) is 5.93. The molecular weight excluding hydrogens is 362 g/mol. The number of sulfone groups is 1. The number of aromatic nitrogens is 1. The fraction of sp³-hybridized carbons (Fsp3) is 0.400. The number of rotatable bonds is 10. The Labute approximate surface area is 161 Å². The molecule has 0 spiro atoms. The summed E-state index contributed by atoms with van der Waals surface area (Å²) in [6.07, 6.45) is 1.93. The maximum absolute atomic E-state index is 12.2. The number of carbonyl (C=O) groups is 1. The zero-order valence-electron chi connectivity index (χ0n) is 15.9. The minimum Gasteiger partial charge on any atom is -0.357 e. The van der Waals surface area contributed by atoms with Gasteiger partial charge in [-0.15, -0.1) is 0 Å². The van der Waals surface area contributed by atoms with E-state index in [0.29, 0.717) is 18.5 Å². The Kier molecular flexibility index (Phi) is 7.79. The van der Waals surface area contributed by atoms with Gasteiger partial charge in [0.25, 0.3) is 5.91 Å². The van der Waals surface area contributed by atoms with Gasteiger partial charge in [-0.05, 0) is 38.0 Å². The summed E-state index contributed by atoms with van der Waals surface area (Å²) in [7, 11) is -3.19. The van der Waals surface area contributed by atoms with Crippen molar-refractivity contribution in [3.05, 3.63) is 59.8 Å². The van der Waals surface area contributed by atoms with Crippen molar-refractivity contribution in [1.82, 2.24) is 10.3 Å². The molecule has 7 heteroatoms. The second kappa shape index (κ2) is 10.1. The van der Waals surface area contributed by atoms with Crippen LogP contribution in [0.4, 0.5) is 5.82 Å². The van der Waals surface area contributed by atoms with Crippen molar-refractivity contribution in [2.24, 2.45) is 0 Å². The van der Waals surface area contributed by atoms with Crippen LogP contribution in [-0.4, -0.2) is 44.7 Å². The van der Waals surface area contributed by atoms with Crippen molar-refractivity contribution in [2.75, 3.05) is 30.3 Å². The second-order valence-electron chi connectivity index (χ2n) is 6.26. The van der Waals surface area contributed by atoms with Crippen LogP contribution in [-0.2, 0) is 15.6 Å². The van der Waals surface area contributed by atoms with Gasteiger partial charge in [-0.1, -0.05) is 30.3 Å². The number of pyridine rings is 1. The first-order valence-electron chi connectivity index (χ1n) is 9.18. The quantitative estimate of drug-likeness (QED) is 0.632. The topological polar surface area (TPSA) is 79.4 Å². The van der Waals surface area contributed by atoms with Crippen molar-refractivity contribution in [1.29, 1.82) is 0 Å². The summed E-state index contributed by atoms with van der Waals surface area (Å²) in [5.74, 6) is 0.664. The first-order valence-corrected chi connectivity index (χ1v) is 11.0. The van der Waals surface area contributed by atoms with Crippen molar-refractivity contribution in [3.8, 4) is 0 Å². The fourth-order valence-corrected chi connectivity index (χ4v) is 4.18. The highest BCUT2D eigenvalue weighted by molar-refractivity contribution is 7.90. The summed E-state index contributed by atoms with van der Waals surface area (Å²) in [6, 6.07) is 12.7. The van der Waals surface area contributed by atoms with Gasteiger partial charge in [-0.3, -0.25) is 4.79 Å². The summed E-state index contributed by atoms with van der Waals surface area (Å²) in [4.78, 5) is 18.6. The fourth-order valence-electron chi connectivity index (χ4n) is 2.75. The Balaban J connectivity index is 1.78. The van der Waals surface area contributed by atoms with Gasteiger partial charge in [0, 0.05) is 25.8 Å². The number of nitrogens with zero attached hydrogens (tertiary/aromatic N) is 2. The van der Waals surface area contributed by atoms with Crippen molar-refractivity contribution >= 4 is 21.6 Å². The molecular formula is C20H27N3O3S. The van der Waals surface area contributed by atoms with Gasteiger partial charge in [0.2, 0.25) is 0 Å². The maximum atomic E-state index is 12.2. The zero-order chi connectivity index (χ0) is 19.7. The number of hydrogen-bond donors (Lipinski definition) is 1. The normalized spacial score (nSPS) is 11.2. The molecule has 1 aromatic carbocycles. The van der Waals surface area contributed by atoms with Gasteiger partial charge in [0.05, 0.1) is 17.1 Å². The molecule has 0 bridgehead atoms. The van der Waals surface area contributed by atoms with E-state index in [2.05, 4.69) is 29.0 Å². The molecule has 146 valence electrons. The second-order valence-corrected chi connectivity index (χ2v) is 8.45. The molecule has 0 aliphatic rings. The van der Waals surface area contributed by atoms with E-state index < -0.39 is 9.84 Å². The number of nitrogens with one attached hydrogen (secondary N) is 1. The summed E-state index contributed by atoms with van der Waals surface area (Å²) in [5, 5.41) is 2.76. The molecule has 27 heavy (non-hydrogen) atoms. The Morgan fingerprint density at radius 2 is 1.78 bits per heavy atom. The van der Waals surface area contributed by atoms with E-state index in [1.54, 1.807) is 24.4 Å². The third kappa shape index (κ3) is 6.67. The number of amides is 1. The van der Waals surface area contributed by atoms with Crippen LogP contribution in [0.1, 0.15) is 36.2 Å². The van der Waals surface area contributed by atoms with E-state index in [0.717, 1.165) is 24.5 Å². The summed E-state index contributed by atoms with van der Waals surface area (Å²) in [5.41, 5.74) is 1.25. The Bertz CT molecular complexity index is 817. The van der Waals surface area contributed by atoms with Crippen LogP contribution in [0, 0.1) is 0 Å². The van der Waals surface area contributed by atoms with E-state index in [4.69, 9.17) is 0 Å². The molecule has 1 heterocycles. The smallest absolute Gasteiger partial charge is 0.252 e. The summed E-state index contributed by atoms with van der Waals surface area (Å²) >= 11 is 0. The van der Waals surface area contributed by atoms with Crippen LogP contribution in [0.5, 0.6) is 0 Å². The Hall–Kier alpha value is -2.41. The van der Waals surface area contributed by atoms with Gasteiger partial charge < -0.3 is 10.2 Å². The molecule has 0 unspecified atom stereocenters. The van der Waals surface area contributed by atoms with Gasteiger partial charge in [-0.2, -0.15) is 0 Å². The molecule has 0 aliphatic heterocycles. The average molecular weight is 390 g/mol. The molecule has 0 fully saturated rings. The minimum atomic E-state index is -3.19. The molecule has 1 amide bonds. The average Bonchev–Trinajstić information content (AvgIpc) is 2.67. The SMILES string of the molecule is CCN(CC)c1ccc(C(=O)NCCCS(=O)(=O)Cc2ccccc2)cn1. The molecule has 6 nitrogen and oxygen atoms in total. The predicted molar refractivity (Wildman–Crippen MR) is 109 cm³/mol. The highest BCUT2D eigenvalue weighted by Gasteiger charge is 2.13. The molecule has 0 saturated carbocycles. The van der Waals surface area contributed by atoms with Gasteiger partial charge in [-0.25, -0.2) is 13.4 Å². The van der Waals surface area contributed by atoms with E-state index in [9.17, 15) is 13.2 Å². The van der Waals surface area contributed by atoms with Crippen LogP contribution >= 0.6 is 0 Å². The molecule has 2 aromatic rings. The molecule has 0 atom stereocenters. The summed E-state index contributed by atoms with van der Waals surface area (Å²) in [6.45, 7) is 6.12. The maximum Gasteiger partial charge on any atom is 0.252 e. The van der Waals surface area contributed by atoms with Gasteiger partial charge >= 0.3 is 0 Å². The van der Waals surface area contributed by atoms with Crippen LogP contribution in [0.15, 0.2) is 48.7 Å². The van der Waals surface area contributed by atoms with E-state index >= 15 is 0 Å². The largest absolute Gasteiger partial charge is 0.357 e. The van der Waals surface area contributed by atoms with Gasteiger partial charge in [0.1, 0.15) is 5.82 Å².